The average molecular weight is 302 g/mol. The maximum Gasteiger partial charge on any atom is 0.273 e. The molecule has 2 aromatic rings. The molecular formula is C12H12ClNO2S2. The summed E-state index contributed by atoms with van der Waals surface area (Å²) in [6.45, 7) is 2.18. The molecule has 0 N–H and O–H groups in total. The first-order chi connectivity index (χ1) is 8.55. The highest BCUT2D eigenvalue weighted by Gasteiger charge is 2.24. The number of rotatable bonds is 4. The van der Waals surface area contributed by atoms with Crippen LogP contribution in [0.1, 0.15) is 6.92 Å². The van der Waals surface area contributed by atoms with E-state index in [0.29, 0.717) is 21.5 Å². The zero-order chi connectivity index (χ0) is 13.2. The Morgan fingerprint density at radius 3 is 2.39 bits per heavy atom. The molecule has 2 rings (SSSR count). The van der Waals surface area contributed by atoms with Crippen LogP contribution < -0.4 is 4.31 Å². The van der Waals surface area contributed by atoms with Gasteiger partial charge in [-0.3, -0.25) is 4.31 Å². The highest BCUT2D eigenvalue weighted by atomic mass is 35.5. The van der Waals surface area contributed by atoms with Gasteiger partial charge in [-0.1, -0.05) is 17.7 Å². The van der Waals surface area contributed by atoms with Crippen molar-refractivity contribution in [1.82, 2.24) is 0 Å². The van der Waals surface area contributed by atoms with Crippen LogP contribution in [0.3, 0.4) is 0 Å². The number of thiophene rings is 1. The Kier molecular flexibility index (Phi) is 3.94. The second-order valence-corrected chi connectivity index (χ2v) is 7.05. The zero-order valence-corrected chi connectivity index (χ0v) is 12.1. The summed E-state index contributed by atoms with van der Waals surface area (Å²) in [6, 6.07) is 10.1. The van der Waals surface area contributed by atoms with E-state index in [4.69, 9.17) is 11.6 Å². The lowest BCUT2D eigenvalue weighted by Gasteiger charge is -2.21. The van der Waals surface area contributed by atoms with Gasteiger partial charge in [0.2, 0.25) is 0 Å². The number of nitrogens with zero attached hydrogens (tertiary/aromatic N) is 1. The van der Waals surface area contributed by atoms with E-state index in [1.165, 1.54) is 15.6 Å². The summed E-state index contributed by atoms with van der Waals surface area (Å²) < 4.78 is 26.5. The molecule has 0 aliphatic rings. The molecule has 0 saturated heterocycles. The first-order valence-corrected chi connectivity index (χ1v) is 8.07. The third-order valence-corrected chi connectivity index (χ3v) is 5.97. The lowest BCUT2D eigenvalue weighted by atomic mass is 10.3. The minimum absolute atomic E-state index is 0.347. The topological polar surface area (TPSA) is 37.4 Å². The van der Waals surface area contributed by atoms with Gasteiger partial charge in [0.1, 0.15) is 4.21 Å². The fraction of sp³-hybridized carbons (Fsp3) is 0.167. The molecule has 0 atom stereocenters. The quantitative estimate of drug-likeness (QED) is 0.865. The summed E-state index contributed by atoms with van der Waals surface area (Å²) in [5.41, 5.74) is 0.621. The Morgan fingerprint density at radius 2 is 1.89 bits per heavy atom. The molecule has 0 unspecified atom stereocenters. The summed E-state index contributed by atoms with van der Waals surface area (Å²) in [5.74, 6) is 0. The van der Waals surface area contributed by atoms with E-state index >= 15 is 0 Å². The predicted molar refractivity (Wildman–Crippen MR) is 76.0 cm³/mol. The van der Waals surface area contributed by atoms with E-state index < -0.39 is 10.0 Å². The van der Waals surface area contributed by atoms with Crippen molar-refractivity contribution in [2.75, 3.05) is 10.8 Å². The Labute approximate surface area is 116 Å². The van der Waals surface area contributed by atoms with Crippen LogP contribution in [0.2, 0.25) is 5.02 Å². The molecule has 0 amide bonds. The molecule has 0 bridgehead atoms. The van der Waals surface area contributed by atoms with E-state index in [0.717, 1.165) is 0 Å². The van der Waals surface area contributed by atoms with Gasteiger partial charge in [0.15, 0.2) is 0 Å². The molecule has 0 spiro atoms. The van der Waals surface area contributed by atoms with Crippen molar-refractivity contribution < 1.29 is 8.42 Å². The normalized spacial score (nSPS) is 11.4. The van der Waals surface area contributed by atoms with Gasteiger partial charge in [-0.15, -0.1) is 11.3 Å². The van der Waals surface area contributed by atoms with Crippen molar-refractivity contribution in [3.8, 4) is 0 Å². The van der Waals surface area contributed by atoms with Crippen molar-refractivity contribution in [1.29, 1.82) is 0 Å². The van der Waals surface area contributed by atoms with E-state index in [-0.39, 0.29) is 0 Å². The molecule has 0 aliphatic heterocycles. The Balaban J connectivity index is 2.43. The molecule has 0 aliphatic carbocycles. The lowest BCUT2D eigenvalue weighted by Crippen LogP contribution is -2.30. The minimum Gasteiger partial charge on any atom is -0.266 e. The molecule has 0 radical (unpaired) electrons. The first kappa shape index (κ1) is 13.4. The number of hydrogen-bond acceptors (Lipinski definition) is 3. The molecular weight excluding hydrogens is 290 g/mol. The van der Waals surface area contributed by atoms with Crippen molar-refractivity contribution in [3.05, 3.63) is 46.8 Å². The summed E-state index contributed by atoms with van der Waals surface area (Å²) in [4.78, 5) is 0. The minimum atomic E-state index is -3.46. The molecule has 0 fully saturated rings. The predicted octanol–water partition coefficient (Wildman–Crippen LogP) is 3.62. The van der Waals surface area contributed by atoms with E-state index in [1.807, 2.05) is 0 Å². The summed E-state index contributed by atoms with van der Waals surface area (Å²) in [7, 11) is -3.46. The number of halogens is 1. The smallest absolute Gasteiger partial charge is 0.266 e. The SMILES string of the molecule is CCN(c1ccc(Cl)cc1)S(=O)(=O)c1cccs1. The van der Waals surface area contributed by atoms with Crippen LogP contribution in [0.15, 0.2) is 46.0 Å². The van der Waals surface area contributed by atoms with Crippen LogP contribution in [-0.4, -0.2) is 15.0 Å². The standard InChI is InChI=1S/C12H12ClNO2S2/c1-2-14(11-7-5-10(13)6-8-11)18(15,16)12-4-3-9-17-12/h3-9H,2H2,1H3. The highest BCUT2D eigenvalue weighted by molar-refractivity contribution is 7.94. The van der Waals surface area contributed by atoms with Crippen molar-refractivity contribution in [2.45, 2.75) is 11.1 Å². The molecule has 96 valence electrons. The number of benzene rings is 1. The monoisotopic (exact) mass is 301 g/mol. The van der Waals surface area contributed by atoms with Gasteiger partial charge in [0.05, 0.1) is 5.69 Å². The van der Waals surface area contributed by atoms with Crippen molar-refractivity contribution >= 4 is 38.6 Å². The second kappa shape index (κ2) is 5.30. The Bertz CT molecular complexity index is 606. The summed E-state index contributed by atoms with van der Waals surface area (Å²) in [6.07, 6.45) is 0. The fourth-order valence-corrected chi connectivity index (χ4v) is 4.32. The van der Waals surface area contributed by atoms with Gasteiger partial charge in [-0.25, -0.2) is 8.42 Å². The first-order valence-electron chi connectivity index (χ1n) is 5.37. The van der Waals surface area contributed by atoms with E-state index in [1.54, 1.807) is 48.7 Å². The molecule has 1 aromatic carbocycles. The zero-order valence-electron chi connectivity index (χ0n) is 9.71. The van der Waals surface area contributed by atoms with Crippen LogP contribution in [0, 0.1) is 0 Å². The Morgan fingerprint density at radius 1 is 1.22 bits per heavy atom. The van der Waals surface area contributed by atoms with Gasteiger partial charge in [-0.2, -0.15) is 0 Å². The fourth-order valence-electron chi connectivity index (χ4n) is 1.62. The Hall–Kier alpha value is -1.04. The molecule has 1 aromatic heterocycles. The van der Waals surface area contributed by atoms with Crippen LogP contribution in [0.5, 0.6) is 0 Å². The average Bonchev–Trinajstić information content (AvgIpc) is 2.86. The van der Waals surface area contributed by atoms with Crippen molar-refractivity contribution in [3.63, 3.8) is 0 Å². The van der Waals surface area contributed by atoms with Crippen molar-refractivity contribution in [2.24, 2.45) is 0 Å². The van der Waals surface area contributed by atoms with Crippen LogP contribution >= 0.6 is 22.9 Å². The number of anilines is 1. The van der Waals surface area contributed by atoms with Gasteiger partial charge in [0, 0.05) is 11.6 Å². The number of sulfonamides is 1. The summed E-state index contributed by atoms with van der Waals surface area (Å²) >= 11 is 7.02. The lowest BCUT2D eigenvalue weighted by molar-refractivity contribution is 0.594. The van der Waals surface area contributed by atoms with Gasteiger partial charge in [-0.05, 0) is 42.6 Å². The van der Waals surface area contributed by atoms with Gasteiger partial charge >= 0.3 is 0 Å². The summed E-state index contributed by atoms with van der Waals surface area (Å²) in [5, 5.41) is 2.34. The van der Waals surface area contributed by atoms with Crippen LogP contribution in [0.4, 0.5) is 5.69 Å². The largest absolute Gasteiger partial charge is 0.273 e. The molecule has 1 heterocycles. The highest BCUT2D eigenvalue weighted by Crippen LogP contribution is 2.27. The van der Waals surface area contributed by atoms with E-state index in [2.05, 4.69) is 0 Å². The molecule has 18 heavy (non-hydrogen) atoms. The van der Waals surface area contributed by atoms with Gasteiger partial charge < -0.3 is 0 Å². The number of hydrogen-bond donors (Lipinski definition) is 0. The molecule has 0 saturated carbocycles. The van der Waals surface area contributed by atoms with Crippen LogP contribution in [-0.2, 0) is 10.0 Å². The maximum absolute atomic E-state index is 12.4. The second-order valence-electron chi connectivity index (χ2n) is 3.58. The molecule has 6 heteroatoms. The third-order valence-electron chi connectivity index (χ3n) is 2.44. The third kappa shape index (κ3) is 2.53. The van der Waals surface area contributed by atoms with Crippen LogP contribution in [0.25, 0.3) is 0 Å². The van der Waals surface area contributed by atoms with Gasteiger partial charge in [0.25, 0.3) is 10.0 Å². The molecule has 3 nitrogen and oxygen atoms in total. The maximum atomic E-state index is 12.4. The van der Waals surface area contributed by atoms with E-state index in [9.17, 15) is 8.42 Å².